The number of nitrogens with zero attached hydrogens (tertiary/aromatic N) is 2. The van der Waals surface area contributed by atoms with Gasteiger partial charge in [0.1, 0.15) is 0 Å². The Morgan fingerprint density at radius 2 is 2.35 bits per heavy atom. The molecule has 2 heterocycles. The predicted molar refractivity (Wildman–Crippen MR) is 72.3 cm³/mol. The van der Waals surface area contributed by atoms with E-state index in [9.17, 15) is 0 Å². The minimum absolute atomic E-state index is 0.370. The molecule has 0 aliphatic rings. The van der Waals surface area contributed by atoms with Gasteiger partial charge in [-0.3, -0.25) is 4.68 Å². The van der Waals surface area contributed by atoms with Crippen LogP contribution in [0.4, 0.5) is 0 Å². The molecule has 92 valence electrons. The highest BCUT2D eigenvalue weighted by atomic mass is 32.1. The maximum absolute atomic E-state index is 4.35. The highest BCUT2D eigenvalue weighted by Crippen LogP contribution is 2.19. The van der Waals surface area contributed by atoms with Gasteiger partial charge in [0.15, 0.2) is 0 Å². The molecule has 1 unspecified atom stereocenters. The van der Waals surface area contributed by atoms with Crippen LogP contribution < -0.4 is 5.32 Å². The molecule has 3 nitrogen and oxygen atoms in total. The Hall–Kier alpha value is -1.13. The Morgan fingerprint density at radius 1 is 1.47 bits per heavy atom. The van der Waals surface area contributed by atoms with E-state index in [-0.39, 0.29) is 0 Å². The molecule has 0 aromatic carbocycles. The first-order chi connectivity index (χ1) is 8.33. The van der Waals surface area contributed by atoms with Gasteiger partial charge in [-0.2, -0.15) is 16.4 Å². The Kier molecular flexibility index (Phi) is 4.34. The Balaban J connectivity index is 2.10. The summed E-state index contributed by atoms with van der Waals surface area (Å²) in [5.41, 5.74) is 2.67. The number of rotatable bonds is 6. The molecular weight excluding hydrogens is 230 g/mol. The summed E-state index contributed by atoms with van der Waals surface area (Å²) >= 11 is 1.76. The number of hydrogen-bond donors (Lipinski definition) is 1. The van der Waals surface area contributed by atoms with E-state index in [1.165, 1.54) is 11.1 Å². The molecule has 0 bridgehead atoms. The molecule has 2 rings (SSSR count). The summed E-state index contributed by atoms with van der Waals surface area (Å²) in [6.45, 7) is 6.16. The van der Waals surface area contributed by atoms with E-state index in [2.05, 4.69) is 47.3 Å². The summed E-state index contributed by atoms with van der Waals surface area (Å²) in [6.07, 6.45) is 5.15. The van der Waals surface area contributed by atoms with Crippen LogP contribution in [0.1, 0.15) is 31.0 Å². The zero-order valence-corrected chi connectivity index (χ0v) is 11.2. The van der Waals surface area contributed by atoms with E-state index >= 15 is 0 Å². The second kappa shape index (κ2) is 5.98. The van der Waals surface area contributed by atoms with Crippen LogP contribution in [-0.4, -0.2) is 16.3 Å². The molecule has 0 aliphatic heterocycles. The largest absolute Gasteiger partial charge is 0.310 e. The van der Waals surface area contributed by atoms with Crippen molar-refractivity contribution in [3.63, 3.8) is 0 Å². The van der Waals surface area contributed by atoms with Crippen molar-refractivity contribution >= 4 is 11.3 Å². The van der Waals surface area contributed by atoms with Gasteiger partial charge in [-0.15, -0.1) is 0 Å². The Bertz CT molecular complexity index is 433. The third-order valence-electron chi connectivity index (χ3n) is 2.85. The number of hydrogen-bond acceptors (Lipinski definition) is 3. The van der Waals surface area contributed by atoms with Gasteiger partial charge in [-0.05, 0) is 42.3 Å². The van der Waals surface area contributed by atoms with Crippen LogP contribution in [0.15, 0.2) is 29.2 Å². The number of nitrogens with one attached hydrogen (secondary N) is 1. The van der Waals surface area contributed by atoms with E-state index in [1.54, 1.807) is 11.3 Å². The maximum Gasteiger partial charge on any atom is 0.0537 e. The minimum Gasteiger partial charge on any atom is -0.310 e. The molecule has 4 heteroatoms. The van der Waals surface area contributed by atoms with Crippen LogP contribution in [0.5, 0.6) is 0 Å². The fourth-order valence-corrected chi connectivity index (χ4v) is 2.61. The molecule has 0 amide bonds. The van der Waals surface area contributed by atoms with Crippen molar-refractivity contribution in [2.24, 2.45) is 0 Å². The fraction of sp³-hybridized carbons (Fsp3) is 0.462. The van der Waals surface area contributed by atoms with Gasteiger partial charge in [-0.25, -0.2) is 0 Å². The van der Waals surface area contributed by atoms with E-state index in [1.807, 2.05) is 10.9 Å². The van der Waals surface area contributed by atoms with Gasteiger partial charge in [0.05, 0.1) is 6.20 Å². The van der Waals surface area contributed by atoms with E-state index < -0.39 is 0 Å². The lowest BCUT2D eigenvalue weighted by molar-refractivity contribution is 0.549. The number of aromatic nitrogens is 2. The second-order valence-corrected chi connectivity index (χ2v) is 4.86. The lowest BCUT2D eigenvalue weighted by Gasteiger charge is -2.15. The van der Waals surface area contributed by atoms with Crippen LogP contribution in [-0.2, 0) is 13.0 Å². The molecule has 0 spiro atoms. The van der Waals surface area contributed by atoms with Gasteiger partial charge in [-0.1, -0.05) is 6.92 Å². The molecule has 17 heavy (non-hydrogen) atoms. The molecule has 0 fully saturated rings. The van der Waals surface area contributed by atoms with Gasteiger partial charge in [0.2, 0.25) is 0 Å². The van der Waals surface area contributed by atoms with Crippen molar-refractivity contribution in [1.82, 2.24) is 15.1 Å². The fourth-order valence-electron chi connectivity index (χ4n) is 1.93. The number of aryl methyl sites for hydroxylation is 1. The van der Waals surface area contributed by atoms with Crippen LogP contribution in [0.25, 0.3) is 0 Å². The monoisotopic (exact) mass is 249 g/mol. The van der Waals surface area contributed by atoms with Crippen molar-refractivity contribution in [2.75, 3.05) is 6.54 Å². The second-order valence-electron chi connectivity index (χ2n) is 4.08. The lowest BCUT2D eigenvalue weighted by Crippen LogP contribution is -2.22. The van der Waals surface area contributed by atoms with Crippen LogP contribution in [0.2, 0.25) is 0 Å². The molecule has 0 saturated carbocycles. The molecule has 2 aromatic heterocycles. The van der Waals surface area contributed by atoms with Crippen molar-refractivity contribution in [3.05, 3.63) is 40.3 Å². The van der Waals surface area contributed by atoms with Gasteiger partial charge >= 0.3 is 0 Å². The van der Waals surface area contributed by atoms with Crippen LogP contribution in [0, 0.1) is 0 Å². The summed E-state index contributed by atoms with van der Waals surface area (Å²) in [5.74, 6) is 0. The molecule has 0 radical (unpaired) electrons. The smallest absolute Gasteiger partial charge is 0.0537 e. The van der Waals surface area contributed by atoms with Crippen molar-refractivity contribution < 1.29 is 0 Å². The molecule has 2 aromatic rings. The van der Waals surface area contributed by atoms with E-state index in [0.717, 1.165) is 19.5 Å². The van der Waals surface area contributed by atoms with Crippen molar-refractivity contribution in [3.8, 4) is 0 Å². The maximum atomic E-state index is 4.35. The predicted octanol–water partition coefficient (Wildman–Crippen LogP) is 2.86. The molecular formula is C13H19N3S. The highest BCUT2D eigenvalue weighted by molar-refractivity contribution is 7.07. The molecule has 0 saturated heterocycles. The van der Waals surface area contributed by atoms with Crippen LogP contribution >= 0.6 is 11.3 Å². The zero-order valence-electron chi connectivity index (χ0n) is 10.4. The summed E-state index contributed by atoms with van der Waals surface area (Å²) < 4.78 is 1.98. The van der Waals surface area contributed by atoms with Gasteiger partial charge in [0.25, 0.3) is 0 Å². The van der Waals surface area contributed by atoms with Crippen molar-refractivity contribution in [1.29, 1.82) is 0 Å². The number of thiophene rings is 1. The topological polar surface area (TPSA) is 29.9 Å². The summed E-state index contributed by atoms with van der Waals surface area (Å²) in [7, 11) is 0. The minimum atomic E-state index is 0.370. The molecule has 1 N–H and O–H groups in total. The summed E-state index contributed by atoms with van der Waals surface area (Å²) in [4.78, 5) is 0. The van der Waals surface area contributed by atoms with Gasteiger partial charge < -0.3 is 5.32 Å². The quantitative estimate of drug-likeness (QED) is 0.853. The van der Waals surface area contributed by atoms with E-state index in [0.29, 0.717) is 6.04 Å². The Morgan fingerprint density at radius 3 is 2.94 bits per heavy atom. The normalized spacial score (nSPS) is 12.8. The average Bonchev–Trinajstić information content (AvgIpc) is 2.99. The molecule has 0 aliphatic carbocycles. The number of likely N-dealkylation sites (N-methyl/N-ethyl adjacent to an activating group) is 1. The van der Waals surface area contributed by atoms with E-state index in [4.69, 9.17) is 0 Å². The Labute approximate surface area is 106 Å². The van der Waals surface area contributed by atoms with Crippen LogP contribution in [0.3, 0.4) is 0 Å². The average molecular weight is 249 g/mol. The first-order valence-corrected chi connectivity index (χ1v) is 7.04. The first-order valence-electron chi connectivity index (χ1n) is 6.10. The highest BCUT2D eigenvalue weighted by Gasteiger charge is 2.13. The zero-order chi connectivity index (χ0) is 12.1. The summed E-state index contributed by atoms with van der Waals surface area (Å²) in [6, 6.07) is 2.56. The molecule has 1 atom stereocenters. The third kappa shape index (κ3) is 3.17. The van der Waals surface area contributed by atoms with Gasteiger partial charge in [0, 0.05) is 24.3 Å². The summed E-state index contributed by atoms with van der Waals surface area (Å²) in [5, 5.41) is 12.2. The van der Waals surface area contributed by atoms with Crippen molar-refractivity contribution in [2.45, 2.75) is 32.9 Å². The SMILES string of the molecule is CCNC(Cc1ccsc1)c1cnn(CC)c1. The standard InChI is InChI=1S/C13H19N3S/c1-3-14-13(7-11-5-6-17-10-11)12-8-15-16(4-2)9-12/h5-6,8-10,13-14H,3-4,7H2,1-2H3. The lowest BCUT2D eigenvalue weighted by atomic mass is 10.0. The third-order valence-corrected chi connectivity index (χ3v) is 3.58. The first kappa shape index (κ1) is 12.3.